The van der Waals surface area contributed by atoms with Crippen LogP contribution in [0.25, 0.3) is 21.6 Å². The normalized spacial score (nSPS) is 11.0. The van der Waals surface area contributed by atoms with Crippen molar-refractivity contribution >= 4 is 33.1 Å². The summed E-state index contributed by atoms with van der Waals surface area (Å²) in [4.78, 5) is 11.8. The van der Waals surface area contributed by atoms with Gasteiger partial charge < -0.3 is 5.32 Å². The molecule has 2 aromatic carbocycles. The van der Waals surface area contributed by atoms with Gasteiger partial charge in [-0.3, -0.25) is 0 Å². The number of hydrogen-bond donors (Lipinski definition) is 1. The third-order valence-electron chi connectivity index (χ3n) is 4.18. The van der Waals surface area contributed by atoms with Gasteiger partial charge in [0.25, 0.3) is 0 Å². The second-order valence-electron chi connectivity index (χ2n) is 6.28. The van der Waals surface area contributed by atoms with Gasteiger partial charge in [0.1, 0.15) is 10.6 Å². The molecule has 0 bridgehead atoms. The van der Waals surface area contributed by atoms with Crippen molar-refractivity contribution in [1.29, 1.82) is 0 Å². The van der Waals surface area contributed by atoms with Crippen LogP contribution in [-0.4, -0.2) is 9.97 Å². The first kappa shape index (κ1) is 15.8. The average Bonchev–Trinajstić information content (AvgIpc) is 2.98. The molecular weight excluding hydrogens is 326 g/mol. The Bertz CT molecular complexity index is 1050. The number of nitrogens with one attached hydrogen (secondary N) is 1. The maximum absolute atomic E-state index is 4.83. The number of benzene rings is 2. The molecule has 4 aromatic rings. The summed E-state index contributed by atoms with van der Waals surface area (Å²) in [6.07, 6.45) is 0. The topological polar surface area (TPSA) is 37.8 Å². The zero-order chi connectivity index (χ0) is 17.4. The third kappa shape index (κ3) is 3.13. The van der Waals surface area contributed by atoms with Crippen LogP contribution >= 0.6 is 11.3 Å². The molecule has 0 amide bonds. The standard InChI is InChI=1S/C21H19N3S/c1-13-9-10-18(14(2)11-13)22-20-17-12-15(3)25-21(17)24-19(23-20)16-7-5-4-6-8-16/h4-12H,1-3H3,(H,22,23,24). The van der Waals surface area contributed by atoms with Crippen molar-refractivity contribution in [2.24, 2.45) is 0 Å². The van der Waals surface area contributed by atoms with E-state index in [1.807, 2.05) is 30.3 Å². The Labute approximate surface area is 151 Å². The summed E-state index contributed by atoms with van der Waals surface area (Å²) in [7, 11) is 0. The lowest BCUT2D eigenvalue weighted by Crippen LogP contribution is -1.99. The molecule has 0 saturated heterocycles. The molecular formula is C21H19N3S. The summed E-state index contributed by atoms with van der Waals surface area (Å²) in [6.45, 7) is 6.33. The molecule has 0 aliphatic carbocycles. The zero-order valence-electron chi connectivity index (χ0n) is 14.5. The highest BCUT2D eigenvalue weighted by atomic mass is 32.1. The maximum atomic E-state index is 4.83. The van der Waals surface area contributed by atoms with Gasteiger partial charge in [0.2, 0.25) is 0 Å². The SMILES string of the molecule is Cc1ccc(Nc2nc(-c3ccccc3)nc3sc(C)cc23)c(C)c1. The Morgan fingerprint density at radius 1 is 0.880 bits per heavy atom. The highest BCUT2D eigenvalue weighted by molar-refractivity contribution is 7.18. The molecule has 2 aromatic heterocycles. The van der Waals surface area contributed by atoms with E-state index in [1.54, 1.807) is 11.3 Å². The highest BCUT2D eigenvalue weighted by Crippen LogP contribution is 2.33. The van der Waals surface area contributed by atoms with Crippen molar-refractivity contribution in [2.45, 2.75) is 20.8 Å². The van der Waals surface area contributed by atoms with Gasteiger partial charge >= 0.3 is 0 Å². The lowest BCUT2D eigenvalue weighted by molar-refractivity contribution is 1.23. The Hall–Kier alpha value is -2.72. The predicted octanol–water partition coefficient (Wildman–Crippen LogP) is 6.03. The van der Waals surface area contributed by atoms with Crippen LogP contribution in [0.3, 0.4) is 0 Å². The summed E-state index contributed by atoms with van der Waals surface area (Å²) < 4.78 is 0. The van der Waals surface area contributed by atoms with Crippen molar-refractivity contribution in [3.8, 4) is 11.4 Å². The van der Waals surface area contributed by atoms with Crippen LogP contribution in [0, 0.1) is 20.8 Å². The molecule has 4 heteroatoms. The van der Waals surface area contributed by atoms with E-state index in [4.69, 9.17) is 9.97 Å². The summed E-state index contributed by atoms with van der Waals surface area (Å²) in [5.74, 6) is 1.61. The maximum Gasteiger partial charge on any atom is 0.163 e. The van der Waals surface area contributed by atoms with Gasteiger partial charge in [-0.05, 0) is 38.5 Å². The average molecular weight is 345 g/mol. The molecule has 0 radical (unpaired) electrons. The third-order valence-corrected chi connectivity index (χ3v) is 5.13. The van der Waals surface area contributed by atoms with Crippen LogP contribution in [0.5, 0.6) is 0 Å². The number of aryl methyl sites for hydroxylation is 3. The number of anilines is 2. The highest BCUT2D eigenvalue weighted by Gasteiger charge is 2.13. The molecule has 0 saturated carbocycles. The molecule has 4 rings (SSSR count). The van der Waals surface area contributed by atoms with E-state index in [9.17, 15) is 0 Å². The summed E-state index contributed by atoms with van der Waals surface area (Å²) in [5, 5.41) is 4.59. The van der Waals surface area contributed by atoms with Crippen LogP contribution in [0.4, 0.5) is 11.5 Å². The van der Waals surface area contributed by atoms with Gasteiger partial charge in [0.05, 0.1) is 5.39 Å². The van der Waals surface area contributed by atoms with Crippen molar-refractivity contribution < 1.29 is 0 Å². The van der Waals surface area contributed by atoms with Crippen LogP contribution in [0.15, 0.2) is 54.6 Å². The first-order chi connectivity index (χ1) is 12.1. The summed E-state index contributed by atoms with van der Waals surface area (Å²) in [6, 6.07) is 18.7. The minimum Gasteiger partial charge on any atom is -0.339 e. The van der Waals surface area contributed by atoms with E-state index in [2.05, 4.69) is 50.4 Å². The molecule has 25 heavy (non-hydrogen) atoms. The molecule has 0 spiro atoms. The fourth-order valence-corrected chi connectivity index (χ4v) is 3.81. The smallest absolute Gasteiger partial charge is 0.163 e. The van der Waals surface area contributed by atoms with Crippen LogP contribution < -0.4 is 5.32 Å². The van der Waals surface area contributed by atoms with Crippen LogP contribution in [-0.2, 0) is 0 Å². The van der Waals surface area contributed by atoms with E-state index in [1.165, 1.54) is 16.0 Å². The molecule has 0 fully saturated rings. The van der Waals surface area contributed by atoms with E-state index in [0.717, 1.165) is 33.1 Å². The van der Waals surface area contributed by atoms with E-state index >= 15 is 0 Å². The molecule has 0 aliphatic rings. The quantitative estimate of drug-likeness (QED) is 0.493. The predicted molar refractivity (Wildman–Crippen MR) is 107 cm³/mol. The van der Waals surface area contributed by atoms with Crippen LogP contribution in [0.2, 0.25) is 0 Å². The minimum atomic E-state index is 0.752. The second-order valence-corrected chi connectivity index (χ2v) is 7.52. The molecule has 0 atom stereocenters. The first-order valence-electron chi connectivity index (χ1n) is 8.28. The number of fused-ring (bicyclic) bond motifs is 1. The monoisotopic (exact) mass is 345 g/mol. The van der Waals surface area contributed by atoms with Crippen molar-refractivity contribution in [3.05, 3.63) is 70.6 Å². The Balaban J connectivity index is 1.86. The molecule has 0 aliphatic heterocycles. The van der Waals surface area contributed by atoms with Gasteiger partial charge in [0.15, 0.2) is 5.82 Å². The number of aromatic nitrogens is 2. The second kappa shape index (κ2) is 6.30. The van der Waals surface area contributed by atoms with Crippen molar-refractivity contribution in [2.75, 3.05) is 5.32 Å². The fraction of sp³-hybridized carbons (Fsp3) is 0.143. The Morgan fingerprint density at radius 3 is 2.44 bits per heavy atom. The minimum absolute atomic E-state index is 0.752. The van der Waals surface area contributed by atoms with E-state index in [0.29, 0.717) is 0 Å². The van der Waals surface area contributed by atoms with Gasteiger partial charge in [-0.15, -0.1) is 11.3 Å². The first-order valence-corrected chi connectivity index (χ1v) is 9.10. The molecule has 0 unspecified atom stereocenters. The van der Waals surface area contributed by atoms with Gasteiger partial charge in [-0.25, -0.2) is 9.97 Å². The number of thiophene rings is 1. The number of rotatable bonds is 3. The Kier molecular flexibility index (Phi) is 3.98. The van der Waals surface area contributed by atoms with E-state index in [-0.39, 0.29) is 0 Å². The van der Waals surface area contributed by atoms with Gasteiger partial charge in [0, 0.05) is 16.1 Å². The van der Waals surface area contributed by atoms with Crippen molar-refractivity contribution in [3.63, 3.8) is 0 Å². The molecule has 1 N–H and O–H groups in total. The number of hydrogen-bond acceptors (Lipinski definition) is 4. The number of nitrogens with zero attached hydrogens (tertiary/aromatic N) is 2. The summed E-state index contributed by atoms with van der Waals surface area (Å²) in [5.41, 5.74) is 4.57. The molecule has 3 nitrogen and oxygen atoms in total. The summed E-state index contributed by atoms with van der Waals surface area (Å²) >= 11 is 1.70. The fourth-order valence-electron chi connectivity index (χ4n) is 2.93. The van der Waals surface area contributed by atoms with Crippen LogP contribution in [0.1, 0.15) is 16.0 Å². The lowest BCUT2D eigenvalue weighted by atomic mass is 10.1. The van der Waals surface area contributed by atoms with Gasteiger partial charge in [-0.1, -0.05) is 48.0 Å². The molecule has 2 heterocycles. The molecule has 124 valence electrons. The van der Waals surface area contributed by atoms with Crippen molar-refractivity contribution in [1.82, 2.24) is 9.97 Å². The van der Waals surface area contributed by atoms with Gasteiger partial charge in [-0.2, -0.15) is 0 Å². The lowest BCUT2D eigenvalue weighted by Gasteiger charge is -2.12. The zero-order valence-corrected chi connectivity index (χ0v) is 15.3. The largest absolute Gasteiger partial charge is 0.339 e. The van der Waals surface area contributed by atoms with E-state index < -0.39 is 0 Å². The Morgan fingerprint density at radius 2 is 1.68 bits per heavy atom.